The van der Waals surface area contributed by atoms with Crippen LogP contribution >= 0.6 is 28.1 Å². The van der Waals surface area contributed by atoms with E-state index < -0.39 is 17.8 Å². The van der Waals surface area contributed by atoms with Gasteiger partial charge in [-0.25, -0.2) is 0 Å². The van der Waals surface area contributed by atoms with Crippen molar-refractivity contribution < 1.29 is 23.9 Å². The van der Waals surface area contributed by atoms with Crippen molar-refractivity contribution in [1.29, 1.82) is 0 Å². The highest BCUT2D eigenvalue weighted by molar-refractivity contribution is 9.10. The van der Waals surface area contributed by atoms with Crippen molar-refractivity contribution in [3.05, 3.63) is 64.6 Å². The molecule has 8 nitrogen and oxygen atoms in total. The Labute approximate surface area is 200 Å². The smallest absolute Gasteiger partial charge is 0.306 e. The number of hydrazine groups is 1. The number of rotatable bonds is 10. The van der Waals surface area contributed by atoms with E-state index in [1.165, 1.54) is 5.56 Å². The monoisotopic (exact) mass is 521 g/mol. The average Bonchev–Trinajstić information content (AvgIpc) is 2.79. The van der Waals surface area contributed by atoms with E-state index in [1.54, 1.807) is 24.3 Å². The van der Waals surface area contributed by atoms with Crippen molar-refractivity contribution in [1.82, 2.24) is 16.2 Å². The van der Waals surface area contributed by atoms with Crippen LogP contribution in [0, 0.1) is 0 Å². The molecule has 0 aliphatic heterocycles. The predicted octanol–water partition coefficient (Wildman–Crippen LogP) is 2.81. The van der Waals surface area contributed by atoms with Crippen molar-refractivity contribution in [3.8, 4) is 5.75 Å². The van der Waals surface area contributed by atoms with Gasteiger partial charge < -0.3 is 14.8 Å². The van der Waals surface area contributed by atoms with E-state index >= 15 is 0 Å². The Balaban J connectivity index is 1.52. The minimum Gasteiger partial charge on any atom is -0.484 e. The minimum atomic E-state index is -0.483. The molecule has 0 fully saturated rings. The molecule has 0 saturated heterocycles. The molecule has 0 radical (unpaired) electrons. The molecule has 0 atom stereocenters. The topological polar surface area (TPSA) is 106 Å². The van der Waals surface area contributed by atoms with Gasteiger partial charge in [-0.15, -0.1) is 0 Å². The molecule has 2 amide bonds. The number of benzene rings is 2. The molecule has 0 aliphatic carbocycles. The molecule has 0 bridgehead atoms. The summed E-state index contributed by atoms with van der Waals surface area (Å²) < 4.78 is 11.3. The standard InChI is InChI=1S/C22H24BrN3O5S/c23-17-8-10-18(11-9-17)31-15-20(28)25-26-22(32)24-19(27)12-13-21(29)30-14-4-7-16-5-2-1-3-6-16/h1-3,5-6,8-11H,4,7,12-15H2,(H,25,28)(H2,24,26,27,32). The first-order valence-electron chi connectivity index (χ1n) is 9.89. The summed E-state index contributed by atoms with van der Waals surface area (Å²) in [6.07, 6.45) is 1.38. The molecule has 0 spiro atoms. The van der Waals surface area contributed by atoms with Gasteiger partial charge in [-0.3, -0.25) is 25.2 Å². The molecule has 0 aromatic heterocycles. The number of thiocarbonyl (C=S) groups is 1. The number of amides is 2. The molecule has 10 heteroatoms. The maximum Gasteiger partial charge on any atom is 0.306 e. The van der Waals surface area contributed by atoms with Gasteiger partial charge in [-0.2, -0.15) is 0 Å². The predicted molar refractivity (Wildman–Crippen MR) is 127 cm³/mol. The van der Waals surface area contributed by atoms with Gasteiger partial charge in [0.15, 0.2) is 11.7 Å². The van der Waals surface area contributed by atoms with Gasteiger partial charge >= 0.3 is 5.97 Å². The second-order valence-electron chi connectivity index (χ2n) is 6.60. The lowest BCUT2D eigenvalue weighted by Crippen LogP contribution is -2.49. The van der Waals surface area contributed by atoms with Crippen LogP contribution in [0.15, 0.2) is 59.1 Å². The number of hydrogen-bond acceptors (Lipinski definition) is 6. The number of esters is 1. The molecule has 0 heterocycles. The third-order valence-corrected chi connectivity index (χ3v) is 4.76. The lowest BCUT2D eigenvalue weighted by Gasteiger charge is -2.11. The highest BCUT2D eigenvalue weighted by atomic mass is 79.9. The molecular formula is C22H24BrN3O5S. The Bertz CT molecular complexity index is 910. The molecule has 32 heavy (non-hydrogen) atoms. The van der Waals surface area contributed by atoms with Crippen molar-refractivity contribution in [2.45, 2.75) is 25.7 Å². The number of carbonyl (C=O) groups is 3. The van der Waals surface area contributed by atoms with E-state index in [-0.39, 0.29) is 24.6 Å². The second-order valence-corrected chi connectivity index (χ2v) is 7.93. The quantitative estimate of drug-likeness (QED) is 0.191. The Morgan fingerprint density at radius 1 is 0.906 bits per heavy atom. The molecule has 3 N–H and O–H groups in total. The molecule has 0 unspecified atom stereocenters. The van der Waals surface area contributed by atoms with Crippen LogP contribution in [0.2, 0.25) is 0 Å². The summed E-state index contributed by atoms with van der Waals surface area (Å²) >= 11 is 8.24. The van der Waals surface area contributed by atoms with E-state index in [0.29, 0.717) is 18.8 Å². The van der Waals surface area contributed by atoms with Gasteiger partial charge in [0.2, 0.25) is 5.91 Å². The zero-order chi connectivity index (χ0) is 23.2. The summed E-state index contributed by atoms with van der Waals surface area (Å²) in [5.74, 6) is -0.871. The van der Waals surface area contributed by atoms with Crippen LogP contribution in [0.1, 0.15) is 24.8 Å². The van der Waals surface area contributed by atoms with Gasteiger partial charge in [0, 0.05) is 10.9 Å². The zero-order valence-electron chi connectivity index (χ0n) is 17.3. The largest absolute Gasteiger partial charge is 0.484 e. The molecule has 170 valence electrons. The van der Waals surface area contributed by atoms with E-state index in [4.69, 9.17) is 21.7 Å². The van der Waals surface area contributed by atoms with Crippen molar-refractivity contribution >= 4 is 51.0 Å². The molecule has 0 aliphatic rings. The van der Waals surface area contributed by atoms with Crippen LogP contribution in [-0.2, 0) is 25.5 Å². The van der Waals surface area contributed by atoms with Gasteiger partial charge in [0.1, 0.15) is 5.75 Å². The Morgan fingerprint density at radius 2 is 1.62 bits per heavy atom. The molecule has 2 aromatic carbocycles. The minimum absolute atomic E-state index is 0.0623. The maximum atomic E-state index is 11.9. The van der Waals surface area contributed by atoms with Gasteiger partial charge in [-0.1, -0.05) is 46.3 Å². The summed E-state index contributed by atoms with van der Waals surface area (Å²) in [5.41, 5.74) is 5.89. The Hall–Kier alpha value is -2.98. The number of carbonyl (C=O) groups excluding carboxylic acids is 3. The fourth-order valence-corrected chi connectivity index (χ4v) is 2.89. The van der Waals surface area contributed by atoms with E-state index in [0.717, 1.165) is 10.9 Å². The first-order valence-corrected chi connectivity index (χ1v) is 11.1. The second kappa shape index (κ2) is 14.2. The van der Waals surface area contributed by atoms with Crippen LogP contribution in [0.3, 0.4) is 0 Å². The number of nitrogens with one attached hydrogen (secondary N) is 3. The first kappa shape index (κ1) is 25.3. The van der Waals surface area contributed by atoms with E-state index in [1.807, 2.05) is 30.3 Å². The van der Waals surface area contributed by atoms with Crippen molar-refractivity contribution in [2.24, 2.45) is 0 Å². The zero-order valence-corrected chi connectivity index (χ0v) is 19.7. The molecular weight excluding hydrogens is 498 g/mol. The van der Waals surface area contributed by atoms with Crippen LogP contribution in [0.25, 0.3) is 0 Å². The van der Waals surface area contributed by atoms with Gasteiger partial charge in [0.25, 0.3) is 5.91 Å². The summed E-state index contributed by atoms with van der Waals surface area (Å²) in [6.45, 7) is 0.0605. The molecule has 2 aromatic rings. The molecule has 2 rings (SSSR count). The van der Waals surface area contributed by atoms with Crippen LogP contribution in [0.5, 0.6) is 5.75 Å². The van der Waals surface area contributed by atoms with E-state index in [9.17, 15) is 14.4 Å². The Morgan fingerprint density at radius 3 is 2.34 bits per heavy atom. The van der Waals surface area contributed by atoms with Gasteiger partial charge in [0.05, 0.1) is 13.0 Å². The van der Waals surface area contributed by atoms with E-state index in [2.05, 4.69) is 32.1 Å². The van der Waals surface area contributed by atoms with Crippen LogP contribution < -0.4 is 20.9 Å². The number of halogens is 1. The fourth-order valence-electron chi connectivity index (χ4n) is 2.46. The Kier molecular flexibility index (Phi) is 11.2. The average molecular weight is 522 g/mol. The molecule has 0 saturated carbocycles. The number of hydrogen-bond donors (Lipinski definition) is 3. The van der Waals surface area contributed by atoms with Gasteiger partial charge in [-0.05, 0) is 54.9 Å². The lowest BCUT2D eigenvalue weighted by molar-refractivity contribution is -0.145. The third-order valence-electron chi connectivity index (χ3n) is 4.02. The normalized spacial score (nSPS) is 10.0. The summed E-state index contributed by atoms with van der Waals surface area (Å²) in [7, 11) is 0. The number of aryl methyl sites for hydroxylation is 1. The maximum absolute atomic E-state index is 11.9. The summed E-state index contributed by atoms with van der Waals surface area (Å²) in [5, 5.41) is 2.28. The highest BCUT2D eigenvalue weighted by Crippen LogP contribution is 2.15. The number of ether oxygens (including phenoxy) is 2. The SMILES string of the molecule is O=C(COc1ccc(Br)cc1)NNC(=S)NC(=O)CCC(=O)OCCCc1ccccc1. The first-order chi connectivity index (χ1) is 15.4. The fraction of sp³-hybridized carbons (Fsp3) is 0.273. The summed E-state index contributed by atoms with van der Waals surface area (Å²) in [4.78, 5) is 35.4. The van der Waals surface area contributed by atoms with Crippen LogP contribution in [0.4, 0.5) is 0 Å². The highest BCUT2D eigenvalue weighted by Gasteiger charge is 2.10. The van der Waals surface area contributed by atoms with Crippen molar-refractivity contribution in [2.75, 3.05) is 13.2 Å². The van der Waals surface area contributed by atoms with Crippen LogP contribution in [-0.4, -0.2) is 36.1 Å². The third kappa shape index (κ3) is 10.9. The summed E-state index contributed by atoms with van der Waals surface area (Å²) in [6, 6.07) is 16.9. The van der Waals surface area contributed by atoms with Crippen molar-refractivity contribution in [3.63, 3.8) is 0 Å². The lowest BCUT2D eigenvalue weighted by atomic mass is 10.1.